The summed E-state index contributed by atoms with van der Waals surface area (Å²) in [6.07, 6.45) is 0.821. The van der Waals surface area contributed by atoms with Gasteiger partial charge in [0.1, 0.15) is 12.2 Å². The van der Waals surface area contributed by atoms with E-state index < -0.39 is 5.79 Å². The molecule has 2 fully saturated rings. The standard InChI is InChI=1S/C17H33NO7/c1-17(2)24-14-3-5-23-15(16(14)25-17)13-22-12-11-21-10-9-20-8-7-19-6-4-18/h14-16H,3-13,18H2,1-2H3. The van der Waals surface area contributed by atoms with Crippen LogP contribution >= 0.6 is 0 Å². The van der Waals surface area contributed by atoms with Crippen molar-refractivity contribution in [2.24, 2.45) is 5.73 Å². The lowest BCUT2D eigenvalue weighted by atomic mass is 10.0. The van der Waals surface area contributed by atoms with E-state index in [2.05, 4.69) is 0 Å². The minimum Gasteiger partial charge on any atom is -0.378 e. The van der Waals surface area contributed by atoms with Crippen molar-refractivity contribution in [3.8, 4) is 0 Å². The van der Waals surface area contributed by atoms with Crippen LogP contribution in [0, 0.1) is 0 Å². The molecule has 25 heavy (non-hydrogen) atoms. The van der Waals surface area contributed by atoms with E-state index in [9.17, 15) is 0 Å². The molecule has 3 unspecified atom stereocenters. The second kappa shape index (κ2) is 11.4. The molecule has 0 aliphatic carbocycles. The predicted molar refractivity (Wildman–Crippen MR) is 90.5 cm³/mol. The number of hydrogen-bond donors (Lipinski definition) is 1. The second-order valence-electron chi connectivity index (χ2n) is 6.54. The van der Waals surface area contributed by atoms with Crippen molar-refractivity contribution < 1.29 is 33.2 Å². The number of nitrogens with two attached hydrogens (primary N) is 1. The van der Waals surface area contributed by atoms with Gasteiger partial charge in [-0.3, -0.25) is 0 Å². The average Bonchev–Trinajstić information content (AvgIpc) is 2.90. The number of rotatable bonds is 13. The first-order chi connectivity index (χ1) is 12.1. The van der Waals surface area contributed by atoms with Gasteiger partial charge in [0.25, 0.3) is 0 Å². The number of hydrogen-bond acceptors (Lipinski definition) is 8. The van der Waals surface area contributed by atoms with Gasteiger partial charge in [0.15, 0.2) is 5.79 Å². The van der Waals surface area contributed by atoms with E-state index in [1.165, 1.54) is 0 Å². The highest BCUT2D eigenvalue weighted by Crippen LogP contribution is 2.35. The van der Waals surface area contributed by atoms with Crippen LogP contribution in [0.3, 0.4) is 0 Å². The molecule has 148 valence electrons. The van der Waals surface area contributed by atoms with Crippen LogP contribution < -0.4 is 5.73 Å². The molecule has 0 aromatic heterocycles. The van der Waals surface area contributed by atoms with E-state index in [0.717, 1.165) is 6.42 Å². The Bertz CT molecular complexity index is 356. The van der Waals surface area contributed by atoms with Gasteiger partial charge in [-0.1, -0.05) is 0 Å². The Hall–Kier alpha value is -0.320. The third-order valence-electron chi connectivity index (χ3n) is 3.98. The Morgan fingerprint density at radius 1 is 0.880 bits per heavy atom. The van der Waals surface area contributed by atoms with Crippen molar-refractivity contribution in [1.29, 1.82) is 0 Å². The lowest BCUT2D eigenvalue weighted by molar-refractivity contribution is -0.160. The molecule has 8 nitrogen and oxygen atoms in total. The van der Waals surface area contributed by atoms with Crippen molar-refractivity contribution in [3.63, 3.8) is 0 Å². The number of fused-ring (bicyclic) bond motifs is 1. The molecule has 2 aliphatic heterocycles. The van der Waals surface area contributed by atoms with Crippen LogP contribution in [0.25, 0.3) is 0 Å². The summed E-state index contributed by atoms with van der Waals surface area (Å²) in [6.45, 7) is 9.37. The van der Waals surface area contributed by atoms with E-state index in [-0.39, 0.29) is 18.3 Å². The topological polar surface area (TPSA) is 90.6 Å². The maximum absolute atomic E-state index is 5.93. The van der Waals surface area contributed by atoms with Crippen LogP contribution in [-0.2, 0) is 33.2 Å². The molecule has 0 bridgehead atoms. The third-order valence-corrected chi connectivity index (χ3v) is 3.98. The predicted octanol–water partition coefficient (Wildman–Crippen LogP) is 0.321. The van der Waals surface area contributed by atoms with Gasteiger partial charge in [0, 0.05) is 13.2 Å². The van der Waals surface area contributed by atoms with Crippen molar-refractivity contribution in [1.82, 2.24) is 0 Å². The molecule has 0 spiro atoms. The molecule has 0 radical (unpaired) electrons. The Morgan fingerprint density at radius 3 is 2.12 bits per heavy atom. The first-order valence-electron chi connectivity index (χ1n) is 9.10. The van der Waals surface area contributed by atoms with Gasteiger partial charge < -0.3 is 38.9 Å². The zero-order chi connectivity index (χ0) is 18.0. The largest absolute Gasteiger partial charge is 0.378 e. The summed E-state index contributed by atoms with van der Waals surface area (Å²) in [6, 6.07) is 0. The molecule has 0 aromatic rings. The summed E-state index contributed by atoms with van der Waals surface area (Å²) in [4.78, 5) is 0. The highest BCUT2D eigenvalue weighted by atomic mass is 16.8. The van der Waals surface area contributed by atoms with E-state index >= 15 is 0 Å². The maximum atomic E-state index is 5.93. The zero-order valence-electron chi connectivity index (χ0n) is 15.4. The van der Waals surface area contributed by atoms with Crippen LogP contribution in [0.5, 0.6) is 0 Å². The molecule has 2 rings (SSSR count). The maximum Gasteiger partial charge on any atom is 0.163 e. The highest BCUT2D eigenvalue weighted by Gasteiger charge is 2.47. The van der Waals surface area contributed by atoms with Crippen LogP contribution in [-0.4, -0.2) is 90.1 Å². The fraction of sp³-hybridized carbons (Fsp3) is 1.00. The van der Waals surface area contributed by atoms with Gasteiger partial charge in [0.2, 0.25) is 0 Å². The van der Waals surface area contributed by atoms with Crippen LogP contribution in [0.4, 0.5) is 0 Å². The molecule has 2 heterocycles. The minimum absolute atomic E-state index is 0.0560. The van der Waals surface area contributed by atoms with E-state index in [4.69, 9.17) is 38.9 Å². The summed E-state index contributed by atoms with van der Waals surface area (Å²) in [7, 11) is 0. The summed E-state index contributed by atoms with van der Waals surface area (Å²) >= 11 is 0. The third kappa shape index (κ3) is 7.84. The lowest BCUT2D eigenvalue weighted by Crippen LogP contribution is -2.45. The molecule has 2 aliphatic rings. The summed E-state index contributed by atoms with van der Waals surface area (Å²) < 4.78 is 39.3. The van der Waals surface area contributed by atoms with E-state index in [1.54, 1.807) is 0 Å². The molecule has 3 atom stereocenters. The van der Waals surface area contributed by atoms with Gasteiger partial charge in [-0.15, -0.1) is 0 Å². The molecular weight excluding hydrogens is 330 g/mol. The Labute approximate surface area is 150 Å². The monoisotopic (exact) mass is 363 g/mol. The van der Waals surface area contributed by atoms with Gasteiger partial charge in [0.05, 0.1) is 59.0 Å². The molecular formula is C17H33NO7. The Morgan fingerprint density at radius 2 is 1.48 bits per heavy atom. The minimum atomic E-state index is -0.542. The van der Waals surface area contributed by atoms with Gasteiger partial charge in [-0.2, -0.15) is 0 Å². The smallest absolute Gasteiger partial charge is 0.163 e. The van der Waals surface area contributed by atoms with E-state index in [0.29, 0.717) is 66.0 Å². The van der Waals surface area contributed by atoms with E-state index in [1.807, 2.05) is 13.8 Å². The second-order valence-corrected chi connectivity index (χ2v) is 6.54. The Kier molecular flexibility index (Phi) is 9.57. The van der Waals surface area contributed by atoms with Gasteiger partial charge in [-0.05, 0) is 20.3 Å². The summed E-state index contributed by atoms with van der Waals surface area (Å²) in [5.41, 5.74) is 5.31. The molecule has 2 saturated heterocycles. The fourth-order valence-corrected chi connectivity index (χ4v) is 2.92. The zero-order valence-corrected chi connectivity index (χ0v) is 15.4. The quantitative estimate of drug-likeness (QED) is 0.468. The average molecular weight is 363 g/mol. The van der Waals surface area contributed by atoms with Crippen LogP contribution in [0.1, 0.15) is 20.3 Å². The molecule has 2 N–H and O–H groups in total. The van der Waals surface area contributed by atoms with Crippen molar-refractivity contribution in [2.75, 3.05) is 66.0 Å². The highest BCUT2D eigenvalue weighted by molar-refractivity contribution is 4.90. The normalized spacial score (nSPS) is 28.2. The summed E-state index contributed by atoms with van der Waals surface area (Å²) in [5.74, 6) is -0.542. The van der Waals surface area contributed by atoms with Gasteiger partial charge >= 0.3 is 0 Å². The van der Waals surface area contributed by atoms with Crippen molar-refractivity contribution in [3.05, 3.63) is 0 Å². The fourth-order valence-electron chi connectivity index (χ4n) is 2.92. The first kappa shape index (κ1) is 21.0. The molecule has 0 aromatic carbocycles. The molecule has 8 heteroatoms. The van der Waals surface area contributed by atoms with Crippen LogP contribution in [0.2, 0.25) is 0 Å². The first-order valence-corrected chi connectivity index (χ1v) is 9.10. The molecule has 0 saturated carbocycles. The van der Waals surface area contributed by atoms with Gasteiger partial charge in [-0.25, -0.2) is 0 Å². The molecule has 0 amide bonds. The summed E-state index contributed by atoms with van der Waals surface area (Å²) in [5, 5.41) is 0. The van der Waals surface area contributed by atoms with Crippen LogP contribution in [0.15, 0.2) is 0 Å². The number of ether oxygens (including phenoxy) is 7. The van der Waals surface area contributed by atoms with Crippen molar-refractivity contribution in [2.45, 2.75) is 44.4 Å². The SMILES string of the molecule is CC1(C)OC2CCOC(COCCOCCOCCOCCN)C2O1. The van der Waals surface area contributed by atoms with Crippen molar-refractivity contribution >= 4 is 0 Å². The lowest BCUT2D eigenvalue weighted by Gasteiger charge is -2.31. The Balaban J connectivity index is 1.43.